The van der Waals surface area contributed by atoms with Crippen LogP contribution in [0.3, 0.4) is 0 Å². The van der Waals surface area contributed by atoms with Gasteiger partial charge in [-0.2, -0.15) is 0 Å². The number of hydrogen-bond acceptors (Lipinski definition) is 5. The molecule has 0 radical (unpaired) electrons. The predicted octanol–water partition coefficient (Wildman–Crippen LogP) is 0.835. The summed E-state index contributed by atoms with van der Waals surface area (Å²) in [5.74, 6) is -0.805. The molecule has 0 unspecified atom stereocenters. The highest BCUT2D eigenvalue weighted by molar-refractivity contribution is 6.19. The quantitative estimate of drug-likeness (QED) is 0.537. The Labute approximate surface area is 92.6 Å². The van der Waals surface area contributed by atoms with Gasteiger partial charge in [0.2, 0.25) is 0 Å². The van der Waals surface area contributed by atoms with Crippen molar-refractivity contribution in [1.82, 2.24) is 0 Å². The molecule has 6 heteroatoms. The molecule has 1 fully saturated rings. The van der Waals surface area contributed by atoms with Gasteiger partial charge >= 0.3 is 11.9 Å². The SMILES string of the molecule is CC(=O)OC[C@H]1O[C@H](Cl)C[C@@H]1OC(C)=O. The van der Waals surface area contributed by atoms with Crippen LogP contribution >= 0.6 is 11.6 Å². The number of alkyl halides is 1. The molecule has 86 valence electrons. The van der Waals surface area contributed by atoms with Crippen LogP contribution in [0, 0.1) is 0 Å². The van der Waals surface area contributed by atoms with Crippen molar-refractivity contribution < 1.29 is 23.8 Å². The molecule has 1 rings (SSSR count). The molecule has 0 amide bonds. The predicted molar refractivity (Wildman–Crippen MR) is 51.3 cm³/mol. The minimum Gasteiger partial charge on any atom is -0.463 e. The molecule has 5 nitrogen and oxygen atoms in total. The van der Waals surface area contributed by atoms with E-state index in [1.165, 1.54) is 13.8 Å². The molecule has 0 aromatic rings. The largest absolute Gasteiger partial charge is 0.463 e. The van der Waals surface area contributed by atoms with Crippen LogP contribution in [0.15, 0.2) is 0 Å². The van der Waals surface area contributed by atoms with Gasteiger partial charge in [-0.3, -0.25) is 9.59 Å². The fourth-order valence-electron chi connectivity index (χ4n) is 1.35. The van der Waals surface area contributed by atoms with E-state index in [2.05, 4.69) is 0 Å². The maximum absolute atomic E-state index is 10.8. The zero-order chi connectivity index (χ0) is 11.4. The molecular weight excluding hydrogens is 224 g/mol. The monoisotopic (exact) mass is 236 g/mol. The van der Waals surface area contributed by atoms with Crippen LogP contribution in [0.4, 0.5) is 0 Å². The van der Waals surface area contributed by atoms with Gasteiger partial charge in [0.1, 0.15) is 24.4 Å². The Bertz CT molecular complexity index is 255. The average Bonchev–Trinajstić information content (AvgIpc) is 2.41. The topological polar surface area (TPSA) is 61.8 Å². The van der Waals surface area contributed by atoms with E-state index in [4.69, 9.17) is 25.8 Å². The number of halogens is 1. The van der Waals surface area contributed by atoms with Crippen LogP contribution in [0.5, 0.6) is 0 Å². The van der Waals surface area contributed by atoms with Crippen molar-refractivity contribution in [3.05, 3.63) is 0 Å². The fourth-order valence-corrected chi connectivity index (χ4v) is 1.66. The van der Waals surface area contributed by atoms with E-state index >= 15 is 0 Å². The first-order valence-electron chi connectivity index (χ1n) is 4.59. The molecule has 0 N–H and O–H groups in total. The minimum absolute atomic E-state index is 0.0521. The molecule has 1 aliphatic rings. The summed E-state index contributed by atoms with van der Waals surface area (Å²) in [5.41, 5.74) is -0.505. The van der Waals surface area contributed by atoms with Gasteiger partial charge in [0.05, 0.1) is 0 Å². The normalized spacial score (nSPS) is 29.9. The summed E-state index contributed by atoms with van der Waals surface area (Å²) in [4.78, 5) is 21.4. The lowest BCUT2D eigenvalue weighted by atomic mass is 10.2. The summed E-state index contributed by atoms with van der Waals surface area (Å²) >= 11 is 5.75. The Hall–Kier alpha value is -0.810. The zero-order valence-electron chi connectivity index (χ0n) is 8.57. The standard InChI is InChI=1S/C9H13ClO5/c1-5(11)13-4-8-7(14-6(2)12)3-9(10)15-8/h7-9H,3-4H2,1-2H3/t7-,8+,9-/m0/s1. The van der Waals surface area contributed by atoms with E-state index in [0.717, 1.165) is 0 Å². The fraction of sp³-hybridized carbons (Fsp3) is 0.778. The average molecular weight is 237 g/mol. The highest BCUT2D eigenvalue weighted by Gasteiger charge is 2.37. The third-order valence-electron chi connectivity index (χ3n) is 1.92. The number of carbonyl (C=O) groups excluding carboxylic acids is 2. The summed E-state index contributed by atoms with van der Waals surface area (Å²) in [6.45, 7) is 2.66. The van der Waals surface area contributed by atoms with Crippen molar-refractivity contribution in [2.75, 3.05) is 6.61 Å². The van der Waals surface area contributed by atoms with E-state index in [9.17, 15) is 9.59 Å². The summed E-state index contributed by atoms with van der Waals surface area (Å²) in [5, 5.41) is 0. The van der Waals surface area contributed by atoms with E-state index in [0.29, 0.717) is 6.42 Å². The van der Waals surface area contributed by atoms with E-state index in [-0.39, 0.29) is 6.61 Å². The van der Waals surface area contributed by atoms with Crippen LogP contribution in [0.1, 0.15) is 20.3 Å². The number of rotatable bonds is 3. The molecule has 1 saturated heterocycles. The summed E-state index contributed by atoms with van der Waals surface area (Å²) < 4.78 is 15.0. The maximum atomic E-state index is 10.8. The first-order valence-corrected chi connectivity index (χ1v) is 5.03. The van der Waals surface area contributed by atoms with Gasteiger partial charge in [-0.25, -0.2) is 0 Å². The molecule has 0 spiro atoms. The lowest BCUT2D eigenvalue weighted by Gasteiger charge is -2.17. The number of hydrogen-bond donors (Lipinski definition) is 0. The van der Waals surface area contributed by atoms with Crippen molar-refractivity contribution in [3.63, 3.8) is 0 Å². The van der Waals surface area contributed by atoms with E-state index in [1.54, 1.807) is 0 Å². The molecule has 0 aromatic carbocycles. The van der Waals surface area contributed by atoms with Gasteiger partial charge in [-0.1, -0.05) is 11.6 Å². The second kappa shape index (κ2) is 5.32. The molecule has 0 aromatic heterocycles. The van der Waals surface area contributed by atoms with Crippen molar-refractivity contribution in [1.29, 1.82) is 0 Å². The summed E-state index contributed by atoms with van der Waals surface area (Å²) in [6.07, 6.45) is -0.503. The highest BCUT2D eigenvalue weighted by atomic mass is 35.5. The molecular formula is C9H13ClO5. The van der Waals surface area contributed by atoms with E-state index in [1.807, 2.05) is 0 Å². The molecule has 1 heterocycles. The third-order valence-corrected chi connectivity index (χ3v) is 2.20. The Morgan fingerprint density at radius 3 is 2.60 bits per heavy atom. The molecule has 0 bridgehead atoms. The second-order valence-electron chi connectivity index (χ2n) is 3.27. The smallest absolute Gasteiger partial charge is 0.302 e. The zero-order valence-corrected chi connectivity index (χ0v) is 9.32. The molecule has 15 heavy (non-hydrogen) atoms. The number of esters is 2. The van der Waals surface area contributed by atoms with Crippen molar-refractivity contribution >= 4 is 23.5 Å². The molecule has 3 atom stereocenters. The lowest BCUT2D eigenvalue weighted by molar-refractivity contribution is -0.154. The molecule has 0 saturated carbocycles. The Morgan fingerprint density at radius 2 is 2.07 bits per heavy atom. The van der Waals surface area contributed by atoms with Gasteiger partial charge in [0, 0.05) is 20.3 Å². The minimum atomic E-state index is -0.505. The van der Waals surface area contributed by atoms with Crippen LogP contribution in [0.25, 0.3) is 0 Å². The van der Waals surface area contributed by atoms with Crippen LogP contribution in [-0.4, -0.2) is 36.3 Å². The van der Waals surface area contributed by atoms with Gasteiger partial charge in [0.15, 0.2) is 0 Å². The van der Waals surface area contributed by atoms with Gasteiger partial charge < -0.3 is 14.2 Å². The first-order chi connectivity index (χ1) is 6.99. The number of carbonyl (C=O) groups is 2. The molecule has 0 aliphatic carbocycles. The first kappa shape index (κ1) is 12.3. The van der Waals surface area contributed by atoms with Crippen molar-refractivity contribution in [2.24, 2.45) is 0 Å². The summed E-state index contributed by atoms with van der Waals surface area (Å²) in [7, 11) is 0. The van der Waals surface area contributed by atoms with Gasteiger partial charge in [0.25, 0.3) is 0 Å². The highest BCUT2D eigenvalue weighted by Crippen LogP contribution is 2.26. The Balaban J connectivity index is 2.45. The van der Waals surface area contributed by atoms with Crippen LogP contribution in [-0.2, 0) is 23.8 Å². The lowest BCUT2D eigenvalue weighted by Crippen LogP contribution is -2.31. The van der Waals surface area contributed by atoms with Crippen LogP contribution in [0.2, 0.25) is 0 Å². The van der Waals surface area contributed by atoms with E-state index < -0.39 is 29.7 Å². The van der Waals surface area contributed by atoms with Gasteiger partial charge in [-0.15, -0.1) is 0 Å². The molecule has 1 aliphatic heterocycles. The second-order valence-corrected chi connectivity index (χ2v) is 3.76. The maximum Gasteiger partial charge on any atom is 0.302 e. The van der Waals surface area contributed by atoms with Crippen molar-refractivity contribution in [2.45, 2.75) is 38.0 Å². The van der Waals surface area contributed by atoms with Gasteiger partial charge in [-0.05, 0) is 0 Å². The van der Waals surface area contributed by atoms with Crippen molar-refractivity contribution in [3.8, 4) is 0 Å². The van der Waals surface area contributed by atoms with Crippen LogP contribution < -0.4 is 0 Å². The number of ether oxygens (including phenoxy) is 3. The Morgan fingerprint density at radius 1 is 1.40 bits per heavy atom. The Kier molecular flexibility index (Phi) is 4.35. The third kappa shape index (κ3) is 4.05. The summed E-state index contributed by atoms with van der Waals surface area (Å²) in [6, 6.07) is 0.